The number of anilines is 1. The van der Waals surface area contributed by atoms with Crippen molar-refractivity contribution in [3.05, 3.63) is 50.1 Å². The van der Waals surface area contributed by atoms with Gasteiger partial charge in [0.25, 0.3) is 0 Å². The molecule has 1 aromatic heterocycles. The predicted octanol–water partition coefficient (Wildman–Crippen LogP) is 5.55. The summed E-state index contributed by atoms with van der Waals surface area (Å²) in [6.07, 6.45) is 0. The molecule has 0 unspecified atom stereocenters. The van der Waals surface area contributed by atoms with E-state index < -0.39 is 0 Å². The molecular formula is C15H18BrNS. The van der Waals surface area contributed by atoms with Gasteiger partial charge in [-0.15, -0.1) is 11.3 Å². The zero-order chi connectivity index (χ0) is 13.1. The van der Waals surface area contributed by atoms with E-state index >= 15 is 0 Å². The number of aryl methyl sites for hydroxylation is 1. The van der Waals surface area contributed by atoms with Crippen LogP contribution in [0.1, 0.15) is 35.1 Å². The fraction of sp³-hybridized carbons (Fsp3) is 0.333. The third kappa shape index (κ3) is 3.36. The zero-order valence-corrected chi connectivity index (χ0v) is 13.4. The Hall–Kier alpha value is -0.800. The highest BCUT2D eigenvalue weighted by atomic mass is 79.9. The van der Waals surface area contributed by atoms with E-state index in [4.69, 9.17) is 0 Å². The second-order valence-electron chi connectivity index (χ2n) is 4.75. The van der Waals surface area contributed by atoms with E-state index in [0.29, 0.717) is 5.92 Å². The summed E-state index contributed by atoms with van der Waals surface area (Å²) in [6.45, 7) is 7.47. The molecule has 3 heteroatoms. The third-order valence-electron chi connectivity index (χ3n) is 2.93. The molecule has 1 heterocycles. The fourth-order valence-corrected chi connectivity index (χ4v) is 3.34. The molecule has 18 heavy (non-hydrogen) atoms. The average molecular weight is 324 g/mol. The summed E-state index contributed by atoms with van der Waals surface area (Å²) in [5.74, 6) is 0.574. The Bertz CT molecular complexity index is 512. The van der Waals surface area contributed by atoms with Crippen LogP contribution in [-0.4, -0.2) is 0 Å². The molecule has 2 aromatic rings. The first-order valence-electron chi connectivity index (χ1n) is 6.15. The average Bonchev–Trinajstić information content (AvgIpc) is 2.67. The fourth-order valence-electron chi connectivity index (χ4n) is 1.80. The molecule has 0 aliphatic carbocycles. The minimum Gasteiger partial charge on any atom is -0.380 e. The Morgan fingerprint density at radius 3 is 2.67 bits per heavy atom. The van der Waals surface area contributed by atoms with Crippen molar-refractivity contribution in [2.45, 2.75) is 33.2 Å². The highest BCUT2D eigenvalue weighted by Crippen LogP contribution is 2.27. The van der Waals surface area contributed by atoms with E-state index in [1.165, 1.54) is 25.5 Å². The largest absolute Gasteiger partial charge is 0.380 e. The molecule has 0 atom stereocenters. The van der Waals surface area contributed by atoms with Crippen LogP contribution in [0.2, 0.25) is 0 Å². The van der Waals surface area contributed by atoms with Crippen molar-refractivity contribution < 1.29 is 0 Å². The van der Waals surface area contributed by atoms with Crippen molar-refractivity contribution >= 4 is 33.0 Å². The molecule has 96 valence electrons. The first kappa shape index (κ1) is 13.6. The van der Waals surface area contributed by atoms with Crippen LogP contribution in [0.25, 0.3) is 0 Å². The molecule has 0 fully saturated rings. The van der Waals surface area contributed by atoms with Crippen LogP contribution in [0, 0.1) is 6.92 Å². The molecule has 0 radical (unpaired) electrons. The molecule has 1 aromatic carbocycles. The second kappa shape index (κ2) is 5.89. The van der Waals surface area contributed by atoms with Crippen molar-refractivity contribution in [3.8, 4) is 0 Å². The standard InChI is InChI=1S/C15H18BrNS/c1-10(2)12-5-4-6-13(7-12)17-9-14-8-15(16)11(3)18-14/h4-8,10,17H,9H2,1-3H3. The summed E-state index contributed by atoms with van der Waals surface area (Å²) in [7, 11) is 0. The van der Waals surface area contributed by atoms with Crippen molar-refractivity contribution in [1.82, 2.24) is 0 Å². The topological polar surface area (TPSA) is 12.0 Å². The number of thiophene rings is 1. The first-order valence-corrected chi connectivity index (χ1v) is 7.76. The number of halogens is 1. The summed E-state index contributed by atoms with van der Waals surface area (Å²) in [4.78, 5) is 2.69. The number of benzene rings is 1. The van der Waals surface area contributed by atoms with Gasteiger partial charge in [0, 0.05) is 26.5 Å². The van der Waals surface area contributed by atoms with Crippen LogP contribution in [0.5, 0.6) is 0 Å². The third-order valence-corrected chi connectivity index (χ3v) is 5.06. The van der Waals surface area contributed by atoms with E-state index in [1.54, 1.807) is 0 Å². The van der Waals surface area contributed by atoms with Gasteiger partial charge in [-0.25, -0.2) is 0 Å². The van der Waals surface area contributed by atoms with Crippen LogP contribution in [0.4, 0.5) is 5.69 Å². The monoisotopic (exact) mass is 323 g/mol. The van der Waals surface area contributed by atoms with Gasteiger partial charge >= 0.3 is 0 Å². The molecule has 0 aliphatic rings. The van der Waals surface area contributed by atoms with Gasteiger partial charge in [-0.2, -0.15) is 0 Å². The SMILES string of the molecule is Cc1sc(CNc2cccc(C(C)C)c2)cc1Br. The van der Waals surface area contributed by atoms with Gasteiger partial charge in [0.15, 0.2) is 0 Å². The number of rotatable bonds is 4. The molecule has 0 aliphatic heterocycles. The molecule has 0 bridgehead atoms. The summed E-state index contributed by atoms with van der Waals surface area (Å²) < 4.78 is 1.21. The predicted molar refractivity (Wildman–Crippen MR) is 84.6 cm³/mol. The Labute approximate surface area is 121 Å². The highest BCUT2D eigenvalue weighted by Gasteiger charge is 2.03. The number of hydrogen-bond acceptors (Lipinski definition) is 2. The zero-order valence-electron chi connectivity index (χ0n) is 11.0. The second-order valence-corrected chi connectivity index (χ2v) is 6.95. The van der Waals surface area contributed by atoms with E-state index in [1.807, 2.05) is 11.3 Å². The Morgan fingerprint density at radius 2 is 2.06 bits per heavy atom. The smallest absolute Gasteiger partial charge is 0.0494 e. The van der Waals surface area contributed by atoms with Crippen LogP contribution in [0.3, 0.4) is 0 Å². The highest BCUT2D eigenvalue weighted by molar-refractivity contribution is 9.10. The van der Waals surface area contributed by atoms with Crippen LogP contribution in [-0.2, 0) is 6.54 Å². The van der Waals surface area contributed by atoms with Gasteiger partial charge in [-0.3, -0.25) is 0 Å². The molecule has 1 nitrogen and oxygen atoms in total. The molecule has 0 saturated carbocycles. The van der Waals surface area contributed by atoms with Crippen molar-refractivity contribution in [3.63, 3.8) is 0 Å². The van der Waals surface area contributed by atoms with Gasteiger partial charge in [-0.1, -0.05) is 26.0 Å². The molecule has 0 spiro atoms. The maximum absolute atomic E-state index is 3.56. The lowest BCUT2D eigenvalue weighted by molar-refractivity contribution is 0.866. The van der Waals surface area contributed by atoms with Gasteiger partial charge < -0.3 is 5.32 Å². The summed E-state index contributed by atoms with van der Waals surface area (Å²) in [5, 5.41) is 3.49. The lowest BCUT2D eigenvalue weighted by Gasteiger charge is -2.09. The van der Waals surface area contributed by atoms with Crippen molar-refractivity contribution in [2.75, 3.05) is 5.32 Å². The minimum absolute atomic E-state index is 0.574. The normalized spacial score (nSPS) is 10.9. The van der Waals surface area contributed by atoms with E-state index in [9.17, 15) is 0 Å². The number of hydrogen-bond donors (Lipinski definition) is 1. The van der Waals surface area contributed by atoms with Gasteiger partial charge in [0.05, 0.1) is 0 Å². The van der Waals surface area contributed by atoms with E-state index in [-0.39, 0.29) is 0 Å². The Balaban J connectivity index is 2.03. The lowest BCUT2D eigenvalue weighted by atomic mass is 10.0. The molecular weight excluding hydrogens is 306 g/mol. The number of nitrogens with one attached hydrogen (secondary N) is 1. The quantitative estimate of drug-likeness (QED) is 0.777. The van der Waals surface area contributed by atoms with Crippen molar-refractivity contribution in [2.24, 2.45) is 0 Å². The van der Waals surface area contributed by atoms with E-state index in [2.05, 4.69) is 72.3 Å². The van der Waals surface area contributed by atoms with Crippen molar-refractivity contribution in [1.29, 1.82) is 0 Å². The molecule has 0 saturated heterocycles. The molecule has 1 N–H and O–H groups in total. The Morgan fingerprint density at radius 1 is 1.28 bits per heavy atom. The van der Waals surface area contributed by atoms with Gasteiger partial charge in [-0.05, 0) is 52.5 Å². The maximum Gasteiger partial charge on any atom is 0.0494 e. The van der Waals surface area contributed by atoms with Gasteiger partial charge in [0.2, 0.25) is 0 Å². The summed E-state index contributed by atoms with van der Waals surface area (Å²) >= 11 is 5.39. The Kier molecular flexibility index (Phi) is 4.46. The molecule has 0 amide bonds. The summed E-state index contributed by atoms with van der Waals surface area (Å²) in [5.41, 5.74) is 2.58. The maximum atomic E-state index is 3.56. The van der Waals surface area contributed by atoms with Crippen LogP contribution < -0.4 is 5.32 Å². The lowest BCUT2D eigenvalue weighted by Crippen LogP contribution is -1.98. The van der Waals surface area contributed by atoms with Crippen LogP contribution >= 0.6 is 27.3 Å². The minimum atomic E-state index is 0.574. The van der Waals surface area contributed by atoms with E-state index in [0.717, 1.165) is 6.54 Å². The summed E-state index contributed by atoms with van der Waals surface area (Å²) in [6, 6.07) is 10.9. The van der Waals surface area contributed by atoms with Gasteiger partial charge in [0.1, 0.15) is 0 Å². The first-order chi connectivity index (χ1) is 8.56. The molecule has 2 rings (SSSR count). The van der Waals surface area contributed by atoms with Crippen LogP contribution in [0.15, 0.2) is 34.8 Å².